The van der Waals surface area contributed by atoms with Gasteiger partial charge in [-0.2, -0.15) is 0 Å². The SMILES string of the molecule is CCNC(=NCc1sc(C)nc1C)NCC(c1ccccc1OC)N(C)C.I. The third-order valence-corrected chi connectivity index (χ3v) is 5.37. The lowest BCUT2D eigenvalue weighted by Gasteiger charge is -2.27. The van der Waals surface area contributed by atoms with Gasteiger partial charge in [-0.15, -0.1) is 35.3 Å². The summed E-state index contributed by atoms with van der Waals surface area (Å²) in [7, 11) is 5.86. The largest absolute Gasteiger partial charge is 0.496 e. The molecule has 156 valence electrons. The number of rotatable bonds is 8. The molecular formula is C20H32IN5OS. The molecule has 0 fully saturated rings. The molecule has 0 amide bonds. The number of hydrogen-bond donors (Lipinski definition) is 2. The van der Waals surface area contributed by atoms with Crippen LogP contribution in [0.5, 0.6) is 5.75 Å². The Kier molecular flexibility index (Phi) is 10.8. The van der Waals surface area contributed by atoms with Crippen molar-refractivity contribution in [1.29, 1.82) is 0 Å². The third-order valence-electron chi connectivity index (χ3n) is 4.31. The van der Waals surface area contributed by atoms with E-state index in [1.54, 1.807) is 18.4 Å². The Morgan fingerprint density at radius 3 is 2.54 bits per heavy atom. The summed E-state index contributed by atoms with van der Waals surface area (Å²) in [5.41, 5.74) is 2.22. The van der Waals surface area contributed by atoms with E-state index in [1.165, 1.54) is 4.88 Å². The lowest BCUT2D eigenvalue weighted by Crippen LogP contribution is -2.41. The number of likely N-dealkylation sites (N-methyl/N-ethyl adjacent to an activating group) is 1. The van der Waals surface area contributed by atoms with Crippen LogP contribution in [0.25, 0.3) is 0 Å². The van der Waals surface area contributed by atoms with Crippen LogP contribution in [0, 0.1) is 13.8 Å². The van der Waals surface area contributed by atoms with Gasteiger partial charge in [-0.25, -0.2) is 9.98 Å². The highest BCUT2D eigenvalue weighted by Gasteiger charge is 2.18. The van der Waals surface area contributed by atoms with Crippen LogP contribution in [0.15, 0.2) is 29.3 Å². The Morgan fingerprint density at radius 1 is 1.25 bits per heavy atom. The maximum absolute atomic E-state index is 5.55. The minimum absolute atomic E-state index is 0. The van der Waals surface area contributed by atoms with Gasteiger partial charge in [-0.1, -0.05) is 18.2 Å². The number of halogens is 1. The smallest absolute Gasteiger partial charge is 0.191 e. The average Bonchev–Trinajstić information content (AvgIpc) is 2.97. The van der Waals surface area contributed by atoms with Gasteiger partial charge in [0.15, 0.2) is 5.96 Å². The molecule has 0 aliphatic rings. The van der Waals surface area contributed by atoms with Crippen molar-refractivity contribution in [3.05, 3.63) is 45.4 Å². The third kappa shape index (κ3) is 6.89. The maximum atomic E-state index is 5.55. The molecule has 0 aliphatic carbocycles. The van der Waals surface area contributed by atoms with Gasteiger partial charge in [0.1, 0.15) is 5.75 Å². The predicted octanol–water partition coefficient (Wildman–Crippen LogP) is 3.74. The molecule has 2 rings (SSSR count). The number of ether oxygens (including phenoxy) is 1. The molecule has 6 nitrogen and oxygen atoms in total. The highest BCUT2D eigenvalue weighted by molar-refractivity contribution is 14.0. The highest BCUT2D eigenvalue weighted by Crippen LogP contribution is 2.27. The Balaban J connectivity index is 0.00000392. The second kappa shape index (κ2) is 12.2. The minimum Gasteiger partial charge on any atom is -0.496 e. The van der Waals surface area contributed by atoms with Crippen molar-refractivity contribution in [3.8, 4) is 5.75 Å². The molecule has 0 aliphatic heterocycles. The van der Waals surface area contributed by atoms with Crippen molar-refractivity contribution in [2.24, 2.45) is 4.99 Å². The zero-order valence-corrected chi connectivity index (χ0v) is 20.7. The number of nitrogens with one attached hydrogen (secondary N) is 2. The van der Waals surface area contributed by atoms with Gasteiger partial charge >= 0.3 is 0 Å². The topological polar surface area (TPSA) is 61.8 Å². The first-order valence-corrected chi connectivity index (χ1v) is 10.0. The van der Waals surface area contributed by atoms with Gasteiger partial charge in [0.25, 0.3) is 0 Å². The van der Waals surface area contributed by atoms with E-state index in [9.17, 15) is 0 Å². The molecule has 1 aromatic heterocycles. The molecule has 1 heterocycles. The van der Waals surface area contributed by atoms with E-state index in [2.05, 4.69) is 47.6 Å². The molecule has 0 bridgehead atoms. The number of nitrogens with zero attached hydrogens (tertiary/aromatic N) is 3. The van der Waals surface area contributed by atoms with Gasteiger partial charge in [-0.3, -0.25) is 0 Å². The number of para-hydroxylation sites is 1. The van der Waals surface area contributed by atoms with Crippen LogP contribution in [-0.2, 0) is 6.54 Å². The average molecular weight is 517 g/mol. The Bertz CT molecular complexity index is 763. The van der Waals surface area contributed by atoms with E-state index in [4.69, 9.17) is 9.73 Å². The standard InChI is InChI=1S/C20H31N5OS.HI/c1-7-21-20(23-13-19-14(2)24-15(3)27-19)22-12-17(25(4)5)16-10-8-9-11-18(16)26-6;/h8-11,17H,7,12-13H2,1-6H3,(H2,21,22,23);1H. The summed E-state index contributed by atoms with van der Waals surface area (Å²) in [5, 5.41) is 7.88. The van der Waals surface area contributed by atoms with E-state index >= 15 is 0 Å². The second-order valence-electron chi connectivity index (χ2n) is 6.54. The number of aryl methyl sites for hydroxylation is 2. The van der Waals surface area contributed by atoms with E-state index in [0.717, 1.165) is 41.1 Å². The first-order valence-electron chi connectivity index (χ1n) is 9.20. The number of aliphatic imine (C=N–C) groups is 1. The summed E-state index contributed by atoms with van der Waals surface area (Å²) < 4.78 is 5.55. The van der Waals surface area contributed by atoms with E-state index in [0.29, 0.717) is 6.54 Å². The van der Waals surface area contributed by atoms with Crippen molar-refractivity contribution in [3.63, 3.8) is 0 Å². The van der Waals surface area contributed by atoms with Crippen LogP contribution in [0.1, 0.15) is 34.1 Å². The van der Waals surface area contributed by atoms with Crippen LogP contribution < -0.4 is 15.4 Å². The molecular weight excluding hydrogens is 485 g/mol. The van der Waals surface area contributed by atoms with Crippen molar-refractivity contribution in [2.75, 3.05) is 34.3 Å². The summed E-state index contributed by atoms with van der Waals surface area (Å²) in [6.07, 6.45) is 0. The lowest BCUT2D eigenvalue weighted by molar-refractivity contribution is 0.287. The van der Waals surface area contributed by atoms with Gasteiger partial charge in [0.2, 0.25) is 0 Å². The van der Waals surface area contributed by atoms with Gasteiger partial charge in [0, 0.05) is 23.5 Å². The zero-order valence-electron chi connectivity index (χ0n) is 17.6. The van der Waals surface area contributed by atoms with Crippen LogP contribution in [0.2, 0.25) is 0 Å². The molecule has 0 saturated heterocycles. The van der Waals surface area contributed by atoms with Crippen LogP contribution in [0.3, 0.4) is 0 Å². The van der Waals surface area contributed by atoms with Gasteiger partial charge < -0.3 is 20.3 Å². The Labute approximate surface area is 189 Å². The van der Waals surface area contributed by atoms with Crippen molar-refractivity contribution in [1.82, 2.24) is 20.5 Å². The maximum Gasteiger partial charge on any atom is 0.191 e. The zero-order chi connectivity index (χ0) is 19.8. The summed E-state index contributed by atoms with van der Waals surface area (Å²) in [4.78, 5) is 12.6. The molecule has 0 spiro atoms. The fourth-order valence-electron chi connectivity index (χ4n) is 2.92. The fraction of sp³-hybridized carbons (Fsp3) is 0.500. The van der Waals surface area contributed by atoms with Crippen molar-refractivity contribution in [2.45, 2.75) is 33.4 Å². The summed E-state index contributed by atoms with van der Waals surface area (Å²) in [6, 6.07) is 8.31. The fourth-order valence-corrected chi connectivity index (χ4v) is 3.78. The molecule has 2 N–H and O–H groups in total. The van der Waals surface area contributed by atoms with Crippen molar-refractivity contribution >= 4 is 41.3 Å². The second-order valence-corrected chi connectivity index (χ2v) is 7.83. The summed E-state index contributed by atoms with van der Waals surface area (Å²) in [6.45, 7) is 8.31. The molecule has 0 saturated carbocycles. The van der Waals surface area contributed by atoms with E-state index < -0.39 is 0 Å². The lowest BCUT2D eigenvalue weighted by atomic mass is 10.0. The molecule has 1 unspecified atom stereocenters. The molecule has 2 aromatic rings. The number of thiazole rings is 1. The number of aromatic nitrogens is 1. The number of benzene rings is 1. The van der Waals surface area contributed by atoms with Gasteiger partial charge in [-0.05, 0) is 40.9 Å². The summed E-state index contributed by atoms with van der Waals surface area (Å²) in [5.74, 6) is 1.71. The minimum atomic E-state index is 0. The first kappa shape index (κ1) is 24.6. The van der Waals surface area contributed by atoms with Crippen LogP contribution in [-0.4, -0.2) is 50.1 Å². The van der Waals surface area contributed by atoms with Gasteiger partial charge in [0.05, 0.1) is 30.4 Å². The number of hydrogen-bond acceptors (Lipinski definition) is 5. The first-order chi connectivity index (χ1) is 13.0. The normalized spacial score (nSPS) is 12.5. The van der Waals surface area contributed by atoms with Crippen LogP contribution in [0.4, 0.5) is 0 Å². The number of methoxy groups -OCH3 is 1. The quantitative estimate of drug-likeness (QED) is 0.318. The molecule has 1 atom stereocenters. The summed E-state index contributed by atoms with van der Waals surface area (Å²) >= 11 is 1.71. The molecule has 0 radical (unpaired) electrons. The Morgan fingerprint density at radius 2 is 1.96 bits per heavy atom. The predicted molar refractivity (Wildman–Crippen MR) is 129 cm³/mol. The monoisotopic (exact) mass is 517 g/mol. The Hall–Kier alpha value is -1.39. The highest BCUT2D eigenvalue weighted by atomic mass is 127. The van der Waals surface area contributed by atoms with E-state index in [-0.39, 0.29) is 30.0 Å². The van der Waals surface area contributed by atoms with Crippen LogP contribution >= 0.6 is 35.3 Å². The number of guanidine groups is 1. The molecule has 28 heavy (non-hydrogen) atoms. The van der Waals surface area contributed by atoms with Crippen molar-refractivity contribution < 1.29 is 4.74 Å². The molecule has 1 aromatic carbocycles. The van der Waals surface area contributed by atoms with E-state index in [1.807, 2.05) is 32.0 Å². The molecule has 8 heteroatoms.